The Bertz CT molecular complexity index is 528. The van der Waals surface area contributed by atoms with E-state index >= 15 is 0 Å². The molecule has 6 heteroatoms. The van der Waals surface area contributed by atoms with Crippen LogP contribution in [0.4, 0.5) is 5.69 Å². The van der Waals surface area contributed by atoms with Crippen molar-refractivity contribution in [3.05, 3.63) is 51.1 Å². The highest BCUT2D eigenvalue weighted by Crippen LogP contribution is 2.27. The van der Waals surface area contributed by atoms with Gasteiger partial charge in [-0.3, -0.25) is 10.1 Å². The van der Waals surface area contributed by atoms with Crippen LogP contribution in [0.1, 0.15) is 0 Å². The van der Waals surface area contributed by atoms with Gasteiger partial charge >= 0.3 is 0 Å². The molecule has 0 bridgehead atoms. The summed E-state index contributed by atoms with van der Waals surface area (Å²) in [4.78, 5) is 10.4. The van der Waals surface area contributed by atoms with E-state index < -0.39 is 4.92 Å². The number of nitro groups is 1. The van der Waals surface area contributed by atoms with E-state index in [1.54, 1.807) is 30.3 Å². The first-order valence-corrected chi connectivity index (χ1v) is 5.21. The Morgan fingerprint density at radius 3 is 2.50 bits per heavy atom. The highest BCUT2D eigenvalue weighted by Gasteiger charge is 2.15. The van der Waals surface area contributed by atoms with E-state index in [2.05, 4.69) is 26.1 Å². The van der Waals surface area contributed by atoms with E-state index in [4.69, 9.17) is 0 Å². The maximum atomic E-state index is 10.8. The second-order valence-electron chi connectivity index (χ2n) is 3.02. The zero-order chi connectivity index (χ0) is 11.5. The zero-order valence-corrected chi connectivity index (χ0v) is 9.59. The SMILES string of the molecule is O=[N+]([O-])c1ccccc1-c1ccc(Br)nn1. The van der Waals surface area contributed by atoms with E-state index in [1.807, 2.05) is 0 Å². The second-order valence-corrected chi connectivity index (χ2v) is 3.83. The van der Waals surface area contributed by atoms with Gasteiger partial charge in [-0.2, -0.15) is 0 Å². The molecule has 1 heterocycles. The molecule has 0 aliphatic heterocycles. The molecule has 0 N–H and O–H groups in total. The summed E-state index contributed by atoms with van der Waals surface area (Å²) in [6, 6.07) is 9.81. The molecule has 0 saturated carbocycles. The normalized spacial score (nSPS) is 10.1. The summed E-state index contributed by atoms with van der Waals surface area (Å²) in [7, 11) is 0. The summed E-state index contributed by atoms with van der Waals surface area (Å²) in [6.45, 7) is 0. The van der Waals surface area contributed by atoms with E-state index in [-0.39, 0.29) is 5.69 Å². The molecule has 0 aliphatic rings. The smallest absolute Gasteiger partial charge is 0.258 e. The van der Waals surface area contributed by atoms with Crippen molar-refractivity contribution in [1.29, 1.82) is 0 Å². The Kier molecular flexibility index (Phi) is 2.91. The van der Waals surface area contributed by atoms with Crippen LogP contribution in [0.2, 0.25) is 0 Å². The third-order valence-corrected chi connectivity index (χ3v) is 2.43. The molecule has 80 valence electrons. The molecule has 1 aromatic carbocycles. The minimum Gasteiger partial charge on any atom is -0.258 e. The van der Waals surface area contributed by atoms with Gasteiger partial charge in [-0.05, 0) is 34.1 Å². The largest absolute Gasteiger partial charge is 0.278 e. The van der Waals surface area contributed by atoms with Crippen LogP contribution in [-0.2, 0) is 0 Å². The molecule has 0 spiro atoms. The quantitative estimate of drug-likeness (QED) is 0.626. The Labute approximate surface area is 99.4 Å². The number of rotatable bonds is 2. The molecule has 2 rings (SSSR count). The maximum Gasteiger partial charge on any atom is 0.278 e. The molecular weight excluding hydrogens is 274 g/mol. The first-order valence-electron chi connectivity index (χ1n) is 4.41. The van der Waals surface area contributed by atoms with Crippen LogP contribution in [0.25, 0.3) is 11.3 Å². The Hall–Kier alpha value is -1.82. The van der Waals surface area contributed by atoms with Gasteiger partial charge in [0.25, 0.3) is 5.69 Å². The van der Waals surface area contributed by atoms with Gasteiger partial charge in [0.15, 0.2) is 0 Å². The van der Waals surface area contributed by atoms with E-state index in [9.17, 15) is 10.1 Å². The average Bonchev–Trinajstić information content (AvgIpc) is 2.30. The molecule has 0 fully saturated rings. The van der Waals surface area contributed by atoms with Crippen LogP contribution in [0.3, 0.4) is 0 Å². The first kappa shape index (κ1) is 10.7. The summed E-state index contributed by atoms with van der Waals surface area (Å²) < 4.78 is 0.592. The fourth-order valence-electron chi connectivity index (χ4n) is 1.31. The van der Waals surface area contributed by atoms with Gasteiger partial charge in [-0.1, -0.05) is 12.1 Å². The second kappa shape index (κ2) is 4.36. The topological polar surface area (TPSA) is 68.9 Å². The summed E-state index contributed by atoms with van der Waals surface area (Å²) in [5.74, 6) is 0. The van der Waals surface area contributed by atoms with Crippen molar-refractivity contribution in [2.24, 2.45) is 0 Å². The van der Waals surface area contributed by atoms with E-state index in [1.165, 1.54) is 6.07 Å². The Balaban J connectivity index is 2.55. The van der Waals surface area contributed by atoms with Crippen LogP contribution in [0.5, 0.6) is 0 Å². The van der Waals surface area contributed by atoms with Crippen molar-refractivity contribution in [3.63, 3.8) is 0 Å². The number of nitro benzene ring substituents is 1. The van der Waals surface area contributed by atoms with Crippen molar-refractivity contribution in [1.82, 2.24) is 10.2 Å². The maximum absolute atomic E-state index is 10.8. The molecule has 0 saturated heterocycles. The highest BCUT2D eigenvalue weighted by atomic mass is 79.9. The average molecular weight is 280 g/mol. The summed E-state index contributed by atoms with van der Waals surface area (Å²) in [6.07, 6.45) is 0. The lowest BCUT2D eigenvalue weighted by Gasteiger charge is -2.00. The fraction of sp³-hybridized carbons (Fsp3) is 0. The number of benzene rings is 1. The van der Waals surface area contributed by atoms with Gasteiger partial charge in [-0.15, -0.1) is 10.2 Å². The van der Waals surface area contributed by atoms with Crippen LogP contribution in [-0.4, -0.2) is 15.1 Å². The van der Waals surface area contributed by atoms with Gasteiger partial charge in [0.1, 0.15) is 4.60 Å². The highest BCUT2D eigenvalue weighted by molar-refractivity contribution is 9.10. The lowest BCUT2D eigenvalue weighted by Crippen LogP contribution is -1.94. The predicted molar refractivity (Wildman–Crippen MR) is 61.8 cm³/mol. The number of hydrogen-bond donors (Lipinski definition) is 0. The molecule has 0 atom stereocenters. The lowest BCUT2D eigenvalue weighted by atomic mass is 10.1. The number of halogens is 1. The Morgan fingerprint density at radius 2 is 1.88 bits per heavy atom. The van der Waals surface area contributed by atoms with Crippen LogP contribution < -0.4 is 0 Å². The number of nitrogens with zero attached hydrogens (tertiary/aromatic N) is 3. The number of para-hydroxylation sites is 1. The molecule has 0 unspecified atom stereocenters. The zero-order valence-electron chi connectivity index (χ0n) is 8.00. The fourth-order valence-corrected chi connectivity index (χ4v) is 1.52. The van der Waals surface area contributed by atoms with Crippen LogP contribution in [0, 0.1) is 10.1 Å². The first-order chi connectivity index (χ1) is 7.68. The number of hydrogen-bond acceptors (Lipinski definition) is 4. The Morgan fingerprint density at radius 1 is 1.12 bits per heavy atom. The van der Waals surface area contributed by atoms with Crippen LogP contribution >= 0.6 is 15.9 Å². The van der Waals surface area contributed by atoms with Crippen molar-refractivity contribution in [2.75, 3.05) is 0 Å². The van der Waals surface area contributed by atoms with Gasteiger partial charge in [0.2, 0.25) is 0 Å². The van der Waals surface area contributed by atoms with Crippen molar-refractivity contribution in [3.8, 4) is 11.3 Å². The van der Waals surface area contributed by atoms with E-state index in [0.717, 1.165) is 0 Å². The molecule has 0 aliphatic carbocycles. The molecule has 2 aromatic rings. The third-order valence-electron chi connectivity index (χ3n) is 2.01. The van der Waals surface area contributed by atoms with Crippen molar-refractivity contribution < 1.29 is 4.92 Å². The number of aromatic nitrogens is 2. The van der Waals surface area contributed by atoms with E-state index in [0.29, 0.717) is 15.9 Å². The van der Waals surface area contributed by atoms with Crippen molar-refractivity contribution in [2.45, 2.75) is 0 Å². The lowest BCUT2D eigenvalue weighted by molar-refractivity contribution is -0.384. The summed E-state index contributed by atoms with van der Waals surface area (Å²) in [5, 5.41) is 18.5. The molecule has 0 amide bonds. The van der Waals surface area contributed by atoms with Crippen molar-refractivity contribution >= 4 is 21.6 Å². The third kappa shape index (κ3) is 2.06. The molecule has 16 heavy (non-hydrogen) atoms. The molecular formula is C10H6BrN3O2. The minimum atomic E-state index is -0.431. The minimum absolute atomic E-state index is 0.0270. The van der Waals surface area contributed by atoms with Crippen LogP contribution in [0.15, 0.2) is 41.0 Å². The standard InChI is InChI=1S/C10H6BrN3O2/c11-10-6-5-8(12-13-10)7-3-1-2-4-9(7)14(15)16/h1-6H. The molecule has 5 nitrogen and oxygen atoms in total. The predicted octanol–water partition coefficient (Wildman–Crippen LogP) is 2.81. The summed E-state index contributed by atoms with van der Waals surface area (Å²) in [5.41, 5.74) is 0.974. The molecule has 0 radical (unpaired) electrons. The van der Waals surface area contributed by atoms with Gasteiger partial charge in [0, 0.05) is 6.07 Å². The summed E-state index contributed by atoms with van der Waals surface area (Å²) >= 11 is 3.16. The van der Waals surface area contributed by atoms with Gasteiger partial charge in [-0.25, -0.2) is 0 Å². The van der Waals surface area contributed by atoms with Gasteiger partial charge in [0.05, 0.1) is 16.2 Å². The van der Waals surface area contributed by atoms with Gasteiger partial charge < -0.3 is 0 Å². The molecule has 1 aromatic heterocycles. The monoisotopic (exact) mass is 279 g/mol.